The van der Waals surface area contributed by atoms with Gasteiger partial charge >= 0.3 is 0 Å². The minimum absolute atomic E-state index is 0.0501. The fourth-order valence-corrected chi connectivity index (χ4v) is 2.28. The Morgan fingerprint density at radius 3 is 2.60 bits per heavy atom. The maximum Gasteiger partial charge on any atom is 0.251 e. The molecule has 4 heteroatoms. The molecule has 1 aliphatic rings. The number of nitrogens with one attached hydrogen (secondary N) is 1. The van der Waals surface area contributed by atoms with Crippen LogP contribution in [0.5, 0.6) is 0 Å². The molecular weight excluding hydrogens is 252 g/mol. The first kappa shape index (κ1) is 14.6. The second kappa shape index (κ2) is 7.68. The van der Waals surface area contributed by atoms with Gasteiger partial charge in [0.25, 0.3) is 5.91 Å². The molecular formula is C16H20N2O2. The zero-order valence-corrected chi connectivity index (χ0v) is 11.6. The van der Waals surface area contributed by atoms with E-state index in [4.69, 9.17) is 5.11 Å². The zero-order chi connectivity index (χ0) is 14.2. The summed E-state index contributed by atoms with van der Waals surface area (Å²) in [4.78, 5) is 14.3. The molecule has 1 aromatic carbocycles. The van der Waals surface area contributed by atoms with E-state index in [0.717, 1.165) is 25.2 Å². The molecule has 1 aromatic rings. The molecule has 1 fully saturated rings. The Morgan fingerprint density at radius 1 is 1.25 bits per heavy atom. The lowest BCUT2D eigenvalue weighted by Gasteiger charge is -2.14. The van der Waals surface area contributed by atoms with E-state index in [1.165, 1.54) is 12.8 Å². The fraction of sp³-hybridized carbons (Fsp3) is 0.438. The van der Waals surface area contributed by atoms with Crippen LogP contribution in [-0.2, 0) is 0 Å². The number of aliphatic hydroxyl groups is 1. The summed E-state index contributed by atoms with van der Waals surface area (Å²) >= 11 is 0. The molecule has 1 saturated heterocycles. The third-order valence-corrected chi connectivity index (χ3v) is 3.37. The second-order valence-electron chi connectivity index (χ2n) is 4.84. The van der Waals surface area contributed by atoms with Crippen molar-refractivity contribution in [2.75, 3.05) is 32.8 Å². The maximum absolute atomic E-state index is 11.9. The normalized spacial score (nSPS) is 14.7. The van der Waals surface area contributed by atoms with Crippen molar-refractivity contribution in [1.29, 1.82) is 0 Å². The molecule has 0 unspecified atom stereocenters. The smallest absolute Gasteiger partial charge is 0.251 e. The van der Waals surface area contributed by atoms with Gasteiger partial charge in [-0.1, -0.05) is 11.8 Å². The minimum atomic E-state index is -0.154. The van der Waals surface area contributed by atoms with Gasteiger partial charge in [-0.2, -0.15) is 0 Å². The van der Waals surface area contributed by atoms with Crippen LogP contribution in [0.15, 0.2) is 24.3 Å². The quantitative estimate of drug-likeness (QED) is 0.799. The van der Waals surface area contributed by atoms with Crippen LogP contribution < -0.4 is 5.32 Å². The van der Waals surface area contributed by atoms with Crippen LogP contribution in [0.2, 0.25) is 0 Å². The van der Waals surface area contributed by atoms with E-state index < -0.39 is 0 Å². The maximum atomic E-state index is 11.9. The van der Waals surface area contributed by atoms with Crippen LogP contribution in [0.4, 0.5) is 0 Å². The van der Waals surface area contributed by atoms with E-state index >= 15 is 0 Å². The summed E-state index contributed by atoms with van der Waals surface area (Å²) in [7, 11) is 0. The average molecular weight is 272 g/mol. The first-order valence-electron chi connectivity index (χ1n) is 7.00. The lowest BCUT2D eigenvalue weighted by molar-refractivity contribution is 0.0950. The predicted octanol–water partition coefficient (Wildman–Crippen LogP) is 0.856. The van der Waals surface area contributed by atoms with Gasteiger partial charge in [0, 0.05) is 24.2 Å². The van der Waals surface area contributed by atoms with Crippen molar-refractivity contribution < 1.29 is 9.90 Å². The van der Waals surface area contributed by atoms with E-state index in [1.54, 1.807) is 24.3 Å². The van der Waals surface area contributed by atoms with Gasteiger partial charge in [-0.25, -0.2) is 0 Å². The van der Waals surface area contributed by atoms with E-state index in [0.29, 0.717) is 12.1 Å². The molecule has 0 aliphatic carbocycles. The number of aliphatic hydroxyl groups excluding tert-OH is 1. The summed E-state index contributed by atoms with van der Waals surface area (Å²) in [5.41, 5.74) is 1.44. The van der Waals surface area contributed by atoms with E-state index in [-0.39, 0.29) is 12.5 Å². The first-order chi connectivity index (χ1) is 9.79. The Labute approximate surface area is 119 Å². The average Bonchev–Trinajstić information content (AvgIpc) is 2.99. The third kappa shape index (κ3) is 4.37. The Balaban J connectivity index is 1.79. The van der Waals surface area contributed by atoms with Crippen molar-refractivity contribution >= 4 is 5.91 Å². The highest BCUT2D eigenvalue weighted by Gasteiger charge is 2.11. The van der Waals surface area contributed by atoms with Crippen LogP contribution in [0.1, 0.15) is 28.8 Å². The van der Waals surface area contributed by atoms with Crippen molar-refractivity contribution in [2.45, 2.75) is 12.8 Å². The monoisotopic (exact) mass is 272 g/mol. The third-order valence-electron chi connectivity index (χ3n) is 3.37. The largest absolute Gasteiger partial charge is 0.384 e. The van der Waals surface area contributed by atoms with Crippen molar-refractivity contribution in [3.8, 4) is 11.8 Å². The molecule has 0 radical (unpaired) electrons. The Bertz CT molecular complexity index is 493. The van der Waals surface area contributed by atoms with Gasteiger partial charge in [-0.3, -0.25) is 4.79 Å². The standard InChI is InChI=1S/C16H20N2O2/c19-13-3-4-14-5-7-15(8-6-14)16(20)17-9-12-18-10-1-2-11-18/h5-8,19H,1-2,9-13H2,(H,17,20). The van der Waals surface area contributed by atoms with Gasteiger partial charge in [0.1, 0.15) is 6.61 Å². The summed E-state index contributed by atoms with van der Waals surface area (Å²) in [6.07, 6.45) is 2.54. The molecule has 20 heavy (non-hydrogen) atoms. The van der Waals surface area contributed by atoms with Crippen molar-refractivity contribution in [1.82, 2.24) is 10.2 Å². The zero-order valence-electron chi connectivity index (χ0n) is 11.6. The minimum Gasteiger partial charge on any atom is -0.384 e. The number of likely N-dealkylation sites (tertiary alicyclic amines) is 1. The van der Waals surface area contributed by atoms with Crippen LogP contribution in [0.3, 0.4) is 0 Å². The Morgan fingerprint density at radius 2 is 1.95 bits per heavy atom. The number of hydrogen-bond acceptors (Lipinski definition) is 3. The molecule has 2 N–H and O–H groups in total. The topological polar surface area (TPSA) is 52.6 Å². The molecule has 106 valence electrons. The molecule has 0 spiro atoms. The number of carbonyl (C=O) groups is 1. The highest BCUT2D eigenvalue weighted by Crippen LogP contribution is 2.06. The summed E-state index contributed by atoms with van der Waals surface area (Å²) in [6.45, 7) is 3.75. The van der Waals surface area contributed by atoms with E-state index in [2.05, 4.69) is 22.1 Å². The van der Waals surface area contributed by atoms with E-state index in [1.807, 2.05) is 0 Å². The Kier molecular flexibility index (Phi) is 5.60. The fourth-order valence-electron chi connectivity index (χ4n) is 2.28. The number of benzene rings is 1. The number of hydrogen-bond donors (Lipinski definition) is 2. The van der Waals surface area contributed by atoms with Crippen LogP contribution in [-0.4, -0.2) is 48.7 Å². The first-order valence-corrected chi connectivity index (χ1v) is 7.00. The molecule has 0 saturated carbocycles. The highest BCUT2D eigenvalue weighted by atomic mass is 16.2. The van der Waals surface area contributed by atoms with Crippen molar-refractivity contribution in [3.63, 3.8) is 0 Å². The lowest BCUT2D eigenvalue weighted by atomic mass is 10.1. The SMILES string of the molecule is O=C(NCCN1CCCC1)c1ccc(C#CCO)cc1. The van der Waals surface area contributed by atoms with Gasteiger partial charge in [-0.05, 0) is 50.2 Å². The van der Waals surface area contributed by atoms with E-state index in [9.17, 15) is 4.79 Å². The molecule has 1 heterocycles. The summed E-state index contributed by atoms with van der Waals surface area (Å²) < 4.78 is 0. The summed E-state index contributed by atoms with van der Waals surface area (Å²) in [5, 5.41) is 11.5. The molecule has 4 nitrogen and oxygen atoms in total. The van der Waals surface area contributed by atoms with Crippen molar-refractivity contribution in [3.05, 3.63) is 35.4 Å². The van der Waals surface area contributed by atoms with Crippen LogP contribution in [0, 0.1) is 11.8 Å². The van der Waals surface area contributed by atoms with Gasteiger partial charge in [0.2, 0.25) is 0 Å². The molecule has 0 bridgehead atoms. The molecule has 0 aromatic heterocycles. The van der Waals surface area contributed by atoms with Crippen LogP contribution >= 0.6 is 0 Å². The van der Waals surface area contributed by atoms with Crippen molar-refractivity contribution in [2.24, 2.45) is 0 Å². The molecule has 1 aliphatic heterocycles. The van der Waals surface area contributed by atoms with Crippen LogP contribution in [0.25, 0.3) is 0 Å². The number of carbonyl (C=O) groups excluding carboxylic acids is 1. The second-order valence-corrected chi connectivity index (χ2v) is 4.84. The highest BCUT2D eigenvalue weighted by molar-refractivity contribution is 5.94. The molecule has 1 amide bonds. The summed E-state index contributed by atoms with van der Waals surface area (Å²) in [5.74, 6) is 5.33. The number of nitrogens with zero attached hydrogens (tertiary/aromatic N) is 1. The number of rotatable bonds is 4. The van der Waals surface area contributed by atoms with Gasteiger partial charge in [0.05, 0.1) is 0 Å². The molecule has 2 rings (SSSR count). The van der Waals surface area contributed by atoms with Gasteiger partial charge in [-0.15, -0.1) is 0 Å². The Hall–Kier alpha value is -1.83. The van der Waals surface area contributed by atoms with Gasteiger partial charge in [0.15, 0.2) is 0 Å². The predicted molar refractivity (Wildman–Crippen MR) is 78.4 cm³/mol. The van der Waals surface area contributed by atoms with Gasteiger partial charge < -0.3 is 15.3 Å². The summed E-state index contributed by atoms with van der Waals surface area (Å²) in [6, 6.07) is 7.09. The molecule has 0 atom stereocenters. The lowest BCUT2D eigenvalue weighted by Crippen LogP contribution is -2.33. The number of amides is 1.